The van der Waals surface area contributed by atoms with E-state index in [2.05, 4.69) is 28.3 Å². The smallest absolute Gasteiger partial charge is 0.261 e. The Morgan fingerprint density at radius 2 is 1.85 bits per heavy atom. The summed E-state index contributed by atoms with van der Waals surface area (Å²) in [6.45, 7) is 12.1. The van der Waals surface area contributed by atoms with Crippen molar-refractivity contribution in [3.8, 4) is 22.8 Å². The minimum atomic E-state index is -0.183. The number of thiophene rings is 1. The molecular formula is C26H27ClN4O2S. The van der Waals surface area contributed by atoms with Crippen LogP contribution < -0.4 is 10.3 Å². The highest BCUT2D eigenvalue weighted by Gasteiger charge is 2.18. The highest BCUT2D eigenvalue weighted by molar-refractivity contribution is 7.10. The highest BCUT2D eigenvalue weighted by atomic mass is 35.5. The predicted octanol–water partition coefficient (Wildman–Crippen LogP) is 6.34. The van der Waals surface area contributed by atoms with Crippen LogP contribution >= 0.6 is 22.9 Å². The van der Waals surface area contributed by atoms with Crippen molar-refractivity contribution in [2.75, 3.05) is 0 Å². The molecule has 0 saturated carbocycles. The lowest BCUT2D eigenvalue weighted by Gasteiger charge is -2.17. The molecule has 4 aromatic heterocycles. The fraction of sp³-hybridized carbons (Fsp3) is 0.308. The molecule has 0 N–H and O–H groups in total. The summed E-state index contributed by atoms with van der Waals surface area (Å²) < 4.78 is 7.60. The van der Waals surface area contributed by atoms with E-state index in [9.17, 15) is 4.79 Å². The molecule has 0 bridgehead atoms. The molecule has 0 unspecified atom stereocenters. The first-order chi connectivity index (χ1) is 16.2. The maximum atomic E-state index is 13.4. The molecule has 4 aromatic rings. The molecule has 0 saturated heterocycles. The summed E-state index contributed by atoms with van der Waals surface area (Å²) in [5.41, 5.74) is 4.97. The van der Waals surface area contributed by atoms with Gasteiger partial charge in [-0.25, -0.2) is 9.97 Å². The summed E-state index contributed by atoms with van der Waals surface area (Å²) in [4.78, 5) is 28.3. The van der Waals surface area contributed by atoms with Crippen LogP contribution in [-0.4, -0.2) is 19.5 Å². The predicted molar refractivity (Wildman–Crippen MR) is 138 cm³/mol. The molecule has 8 heteroatoms. The minimum Gasteiger partial charge on any atom is -0.488 e. The Morgan fingerprint density at radius 1 is 1.09 bits per heavy atom. The van der Waals surface area contributed by atoms with E-state index < -0.39 is 0 Å². The molecule has 4 heterocycles. The second kappa shape index (κ2) is 9.68. The molecule has 0 aliphatic carbocycles. The van der Waals surface area contributed by atoms with E-state index in [4.69, 9.17) is 21.3 Å². The number of pyridine rings is 2. The zero-order valence-electron chi connectivity index (χ0n) is 20.1. The summed E-state index contributed by atoms with van der Waals surface area (Å²) in [6.07, 6.45) is 3.36. The lowest BCUT2D eigenvalue weighted by atomic mass is 10.1. The Morgan fingerprint density at radius 3 is 2.53 bits per heavy atom. The Hall–Kier alpha value is -3.03. The van der Waals surface area contributed by atoms with Crippen LogP contribution in [0.1, 0.15) is 52.9 Å². The number of aromatic nitrogens is 4. The van der Waals surface area contributed by atoms with Crippen molar-refractivity contribution in [2.24, 2.45) is 0 Å². The van der Waals surface area contributed by atoms with Crippen LogP contribution in [0.5, 0.6) is 5.75 Å². The van der Waals surface area contributed by atoms with E-state index in [0.717, 1.165) is 22.6 Å². The van der Waals surface area contributed by atoms with Crippen molar-refractivity contribution in [1.82, 2.24) is 19.5 Å². The molecule has 4 rings (SSSR count). The van der Waals surface area contributed by atoms with Crippen LogP contribution in [0.4, 0.5) is 0 Å². The van der Waals surface area contributed by atoms with Gasteiger partial charge in [0.05, 0.1) is 27.7 Å². The van der Waals surface area contributed by atoms with Crippen molar-refractivity contribution >= 4 is 22.9 Å². The van der Waals surface area contributed by atoms with Crippen molar-refractivity contribution < 1.29 is 4.74 Å². The van der Waals surface area contributed by atoms with Gasteiger partial charge in [0.1, 0.15) is 18.2 Å². The lowest BCUT2D eigenvalue weighted by molar-refractivity contribution is 0.303. The molecular weight excluding hydrogens is 468 g/mol. The lowest BCUT2D eigenvalue weighted by Crippen LogP contribution is -2.24. The van der Waals surface area contributed by atoms with Gasteiger partial charge in [-0.2, -0.15) is 0 Å². The molecule has 34 heavy (non-hydrogen) atoms. The maximum Gasteiger partial charge on any atom is 0.261 e. The molecule has 0 aliphatic heterocycles. The summed E-state index contributed by atoms with van der Waals surface area (Å²) in [5, 5.41) is 2.45. The van der Waals surface area contributed by atoms with Gasteiger partial charge >= 0.3 is 0 Å². The van der Waals surface area contributed by atoms with Gasteiger partial charge < -0.3 is 4.74 Å². The normalized spacial score (nSPS) is 11.3. The van der Waals surface area contributed by atoms with Crippen molar-refractivity contribution in [3.63, 3.8) is 0 Å². The van der Waals surface area contributed by atoms with Crippen LogP contribution in [0, 0.1) is 27.7 Å². The first-order valence-corrected chi connectivity index (χ1v) is 12.3. The van der Waals surface area contributed by atoms with Crippen molar-refractivity contribution in [3.05, 3.63) is 84.4 Å². The van der Waals surface area contributed by atoms with Gasteiger partial charge in [-0.15, -0.1) is 11.3 Å². The number of ether oxygens (including phenoxy) is 1. The summed E-state index contributed by atoms with van der Waals surface area (Å²) in [5.74, 6) is 1.50. The van der Waals surface area contributed by atoms with Gasteiger partial charge in [-0.3, -0.25) is 14.3 Å². The van der Waals surface area contributed by atoms with Gasteiger partial charge in [0.2, 0.25) is 0 Å². The Balaban J connectivity index is 1.76. The Bertz CT molecular complexity index is 1430. The second-order valence-electron chi connectivity index (χ2n) is 8.71. The van der Waals surface area contributed by atoms with E-state index in [-0.39, 0.29) is 11.5 Å². The molecule has 6 nitrogen and oxygen atoms in total. The molecule has 0 aromatic carbocycles. The van der Waals surface area contributed by atoms with E-state index >= 15 is 0 Å². The molecule has 0 atom stereocenters. The van der Waals surface area contributed by atoms with E-state index in [1.54, 1.807) is 35.2 Å². The van der Waals surface area contributed by atoms with Crippen LogP contribution in [0.3, 0.4) is 0 Å². The fourth-order valence-corrected chi connectivity index (χ4v) is 4.58. The third kappa shape index (κ3) is 4.76. The van der Waals surface area contributed by atoms with E-state index in [1.165, 1.54) is 4.88 Å². The average Bonchev–Trinajstić information content (AvgIpc) is 3.22. The third-order valence-corrected chi connectivity index (χ3v) is 6.79. The van der Waals surface area contributed by atoms with E-state index in [1.807, 2.05) is 39.8 Å². The van der Waals surface area contributed by atoms with Crippen molar-refractivity contribution in [1.29, 1.82) is 0 Å². The third-order valence-electron chi connectivity index (χ3n) is 5.59. The Kier molecular flexibility index (Phi) is 6.86. The van der Waals surface area contributed by atoms with Crippen molar-refractivity contribution in [2.45, 2.75) is 54.1 Å². The van der Waals surface area contributed by atoms with Crippen LogP contribution in [0.15, 0.2) is 40.8 Å². The second-order valence-corrected chi connectivity index (χ2v) is 10.2. The standard InChI is InChI=1S/C26H27ClN4O2S/c1-14(2)25-29-10-15(3)24(30-25)21-9-22(20(27)11-28-21)31-16(4)7-23(18(6)26(31)32)33-12-19-8-17(5)34-13-19/h7-11,13-14H,12H2,1-6H3. The maximum absolute atomic E-state index is 13.4. The average molecular weight is 495 g/mol. The van der Waals surface area contributed by atoms with Gasteiger partial charge in [-0.1, -0.05) is 25.4 Å². The summed E-state index contributed by atoms with van der Waals surface area (Å²) in [6, 6.07) is 5.77. The summed E-state index contributed by atoms with van der Waals surface area (Å²) in [7, 11) is 0. The zero-order valence-corrected chi connectivity index (χ0v) is 21.7. The number of rotatable bonds is 6. The molecule has 0 spiro atoms. The molecule has 0 aliphatic rings. The largest absolute Gasteiger partial charge is 0.488 e. The number of hydrogen-bond donors (Lipinski definition) is 0. The van der Waals surface area contributed by atoms with Gasteiger partial charge in [0.15, 0.2) is 0 Å². The molecule has 0 fully saturated rings. The number of halogens is 1. The zero-order chi connectivity index (χ0) is 24.6. The first-order valence-electron chi connectivity index (χ1n) is 11.1. The first kappa shape index (κ1) is 24.1. The molecule has 0 radical (unpaired) electrons. The van der Waals surface area contributed by atoms with E-state index in [0.29, 0.717) is 40.0 Å². The quantitative estimate of drug-likeness (QED) is 0.313. The number of hydrogen-bond acceptors (Lipinski definition) is 6. The minimum absolute atomic E-state index is 0.183. The van der Waals surface area contributed by atoms with Gasteiger partial charge in [0.25, 0.3) is 5.56 Å². The fourth-order valence-electron chi connectivity index (χ4n) is 3.70. The van der Waals surface area contributed by atoms with Crippen LogP contribution in [0.25, 0.3) is 17.1 Å². The number of nitrogens with zero attached hydrogens (tertiary/aromatic N) is 4. The molecule has 176 valence electrons. The van der Waals surface area contributed by atoms with Crippen LogP contribution in [0.2, 0.25) is 5.02 Å². The van der Waals surface area contributed by atoms with Gasteiger partial charge in [0, 0.05) is 40.5 Å². The SMILES string of the molecule is Cc1cc(COc2cc(C)n(-c3cc(-c4nc(C(C)C)ncc4C)ncc3Cl)c(=O)c2C)cs1. The summed E-state index contributed by atoms with van der Waals surface area (Å²) >= 11 is 8.21. The Labute approximate surface area is 208 Å². The number of aryl methyl sites for hydroxylation is 3. The van der Waals surface area contributed by atoms with Crippen LogP contribution in [-0.2, 0) is 6.61 Å². The monoisotopic (exact) mass is 494 g/mol. The highest BCUT2D eigenvalue weighted by Crippen LogP contribution is 2.29. The van der Waals surface area contributed by atoms with Gasteiger partial charge in [-0.05, 0) is 50.8 Å². The topological polar surface area (TPSA) is 69.9 Å². The molecule has 0 amide bonds.